The van der Waals surface area contributed by atoms with Gasteiger partial charge in [-0.05, 0) is 36.5 Å². The zero-order valence-corrected chi connectivity index (χ0v) is 14.4. The van der Waals surface area contributed by atoms with Gasteiger partial charge in [-0.25, -0.2) is 8.42 Å². The maximum absolute atomic E-state index is 13.0. The molecule has 0 spiro atoms. The number of hydrogen-bond donors (Lipinski definition) is 1. The number of piperazine rings is 1. The Morgan fingerprint density at radius 1 is 1.29 bits per heavy atom. The van der Waals surface area contributed by atoms with E-state index in [9.17, 15) is 8.42 Å². The molecule has 0 unspecified atom stereocenters. The first-order valence-electron chi connectivity index (χ1n) is 7.48. The molecule has 1 saturated heterocycles. The molecule has 21 heavy (non-hydrogen) atoms. The van der Waals surface area contributed by atoms with Gasteiger partial charge in [-0.1, -0.05) is 32.9 Å². The van der Waals surface area contributed by atoms with Crippen LogP contribution >= 0.6 is 0 Å². The number of rotatable bonds is 2. The monoisotopic (exact) mass is 310 g/mol. The fourth-order valence-corrected chi connectivity index (χ4v) is 4.53. The molecule has 0 radical (unpaired) electrons. The summed E-state index contributed by atoms with van der Waals surface area (Å²) in [5.41, 5.74) is 1.80. The summed E-state index contributed by atoms with van der Waals surface area (Å²) >= 11 is 0. The SMILES string of the molecule is Cc1ccc(C(C)(C)C)cc1S(=O)(=O)N1CCNC[C@H]1C. The summed E-state index contributed by atoms with van der Waals surface area (Å²) in [4.78, 5) is 0.448. The lowest BCUT2D eigenvalue weighted by Gasteiger charge is -2.33. The van der Waals surface area contributed by atoms with Gasteiger partial charge in [-0.3, -0.25) is 0 Å². The second kappa shape index (κ2) is 5.71. The summed E-state index contributed by atoms with van der Waals surface area (Å²) in [5, 5.41) is 3.23. The lowest BCUT2D eigenvalue weighted by Crippen LogP contribution is -2.52. The predicted octanol–water partition coefficient (Wildman–Crippen LogP) is 2.27. The number of nitrogens with one attached hydrogen (secondary N) is 1. The third-order valence-corrected chi connectivity index (χ3v) is 6.24. The number of aryl methyl sites for hydroxylation is 1. The fourth-order valence-electron chi connectivity index (χ4n) is 2.65. The lowest BCUT2D eigenvalue weighted by molar-refractivity contribution is 0.283. The summed E-state index contributed by atoms with van der Waals surface area (Å²) < 4.78 is 27.6. The smallest absolute Gasteiger partial charge is 0.243 e. The van der Waals surface area contributed by atoms with Crippen LogP contribution in [-0.4, -0.2) is 38.4 Å². The van der Waals surface area contributed by atoms with Crippen LogP contribution in [0.4, 0.5) is 0 Å². The molecule has 2 rings (SSSR count). The highest BCUT2D eigenvalue weighted by molar-refractivity contribution is 7.89. The average Bonchev–Trinajstić information content (AvgIpc) is 2.37. The van der Waals surface area contributed by atoms with E-state index in [2.05, 4.69) is 26.1 Å². The van der Waals surface area contributed by atoms with Crippen LogP contribution in [0.5, 0.6) is 0 Å². The summed E-state index contributed by atoms with van der Waals surface area (Å²) in [6.07, 6.45) is 0. The third kappa shape index (κ3) is 3.30. The van der Waals surface area contributed by atoms with E-state index in [0.29, 0.717) is 24.5 Å². The molecular weight excluding hydrogens is 284 g/mol. The second-order valence-electron chi connectivity index (χ2n) is 6.90. The molecule has 5 heteroatoms. The molecular formula is C16H26N2O2S. The molecule has 1 atom stereocenters. The normalized spacial score (nSPS) is 21.5. The van der Waals surface area contributed by atoms with Crippen LogP contribution in [-0.2, 0) is 15.4 Å². The topological polar surface area (TPSA) is 49.4 Å². The Bertz CT molecular complexity index is 618. The average molecular weight is 310 g/mol. The Morgan fingerprint density at radius 3 is 2.52 bits per heavy atom. The number of sulfonamides is 1. The first kappa shape index (κ1) is 16.5. The highest BCUT2D eigenvalue weighted by Crippen LogP contribution is 2.29. The van der Waals surface area contributed by atoms with Crippen LogP contribution in [0.25, 0.3) is 0 Å². The zero-order chi connectivity index (χ0) is 15.8. The van der Waals surface area contributed by atoms with Crippen LogP contribution in [0, 0.1) is 6.92 Å². The molecule has 0 saturated carbocycles. The molecule has 1 heterocycles. The van der Waals surface area contributed by atoms with Gasteiger partial charge >= 0.3 is 0 Å². The van der Waals surface area contributed by atoms with E-state index in [1.54, 1.807) is 4.31 Å². The number of nitrogens with zero attached hydrogens (tertiary/aromatic N) is 1. The number of hydrogen-bond acceptors (Lipinski definition) is 3. The van der Waals surface area contributed by atoms with Crippen molar-refractivity contribution in [2.24, 2.45) is 0 Å². The van der Waals surface area contributed by atoms with Crippen molar-refractivity contribution in [3.05, 3.63) is 29.3 Å². The maximum atomic E-state index is 13.0. The van der Waals surface area contributed by atoms with Crippen molar-refractivity contribution in [1.82, 2.24) is 9.62 Å². The predicted molar refractivity (Wildman–Crippen MR) is 86.1 cm³/mol. The van der Waals surface area contributed by atoms with Gasteiger partial charge in [0.15, 0.2) is 0 Å². The molecule has 4 nitrogen and oxygen atoms in total. The molecule has 0 aliphatic carbocycles. The summed E-state index contributed by atoms with van der Waals surface area (Å²) in [7, 11) is -3.43. The first-order valence-corrected chi connectivity index (χ1v) is 8.92. The van der Waals surface area contributed by atoms with Crippen molar-refractivity contribution in [1.29, 1.82) is 0 Å². The van der Waals surface area contributed by atoms with Crippen molar-refractivity contribution in [3.8, 4) is 0 Å². The first-order chi connectivity index (χ1) is 9.64. The lowest BCUT2D eigenvalue weighted by atomic mass is 9.87. The highest BCUT2D eigenvalue weighted by Gasteiger charge is 2.32. The van der Waals surface area contributed by atoms with Gasteiger partial charge in [0.05, 0.1) is 4.90 Å². The molecule has 1 aliphatic heterocycles. The van der Waals surface area contributed by atoms with Gasteiger partial charge in [0, 0.05) is 25.7 Å². The Morgan fingerprint density at radius 2 is 1.95 bits per heavy atom. The van der Waals surface area contributed by atoms with Crippen molar-refractivity contribution >= 4 is 10.0 Å². The van der Waals surface area contributed by atoms with Gasteiger partial charge < -0.3 is 5.32 Å². The van der Waals surface area contributed by atoms with E-state index < -0.39 is 10.0 Å². The summed E-state index contributed by atoms with van der Waals surface area (Å²) in [5.74, 6) is 0. The van der Waals surface area contributed by atoms with Gasteiger partial charge in [0.1, 0.15) is 0 Å². The van der Waals surface area contributed by atoms with E-state index in [0.717, 1.165) is 11.1 Å². The van der Waals surface area contributed by atoms with E-state index >= 15 is 0 Å². The van der Waals surface area contributed by atoms with Crippen LogP contribution in [0.15, 0.2) is 23.1 Å². The van der Waals surface area contributed by atoms with E-state index in [1.165, 1.54) is 0 Å². The minimum atomic E-state index is -3.43. The van der Waals surface area contributed by atoms with Gasteiger partial charge in [-0.2, -0.15) is 4.31 Å². The van der Waals surface area contributed by atoms with Crippen LogP contribution < -0.4 is 5.32 Å². The zero-order valence-electron chi connectivity index (χ0n) is 13.6. The van der Waals surface area contributed by atoms with E-state index in [-0.39, 0.29) is 11.5 Å². The van der Waals surface area contributed by atoms with Crippen LogP contribution in [0.3, 0.4) is 0 Å². The van der Waals surface area contributed by atoms with E-state index in [1.807, 2.05) is 32.0 Å². The Balaban J connectivity index is 2.49. The fraction of sp³-hybridized carbons (Fsp3) is 0.625. The van der Waals surface area contributed by atoms with E-state index in [4.69, 9.17) is 0 Å². The minimum Gasteiger partial charge on any atom is -0.314 e. The molecule has 0 bridgehead atoms. The van der Waals surface area contributed by atoms with Crippen molar-refractivity contribution in [3.63, 3.8) is 0 Å². The minimum absolute atomic E-state index is 0.0126. The highest BCUT2D eigenvalue weighted by atomic mass is 32.2. The summed E-state index contributed by atoms with van der Waals surface area (Å²) in [6.45, 7) is 12.1. The Labute approximate surface area is 128 Å². The third-order valence-electron chi connectivity index (χ3n) is 4.08. The molecule has 118 valence electrons. The molecule has 0 aromatic heterocycles. The van der Waals surface area contributed by atoms with Crippen molar-refractivity contribution in [2.45, 2.75) is 51.0 Å². The molecule has 1 aromatic carbocycles. The largest absolute Gasteiger partial charge is 0.314 e. The van der Waals surface area contributed by atoms with Gasteiger partial charge in [-0.15, -0.1) is 0 Å². The van der Waals surface area contributed by atoms with Crippen molar-refractivity contribution in [2.75, 3.05) is 19.6 Å². The van der Waals surface area contributed by atoms with Crippen LogP contribution in [0.1, 0.15) is 38.8 Å². The maximum Gasteiger partial charge on any atom is 0.243 e. The van der Waals surface area contributed by atoms with Crippen LogP contribution in [0.2, 0.25) is 0 Å². The Kier molecular flexibility index (Phi) is 4.47. The molecule has 1 aromatic rings. The van der Waals surface area contributed by atoms with Gasteiger partial charge in [0.25, 0.3) is 0 Å². The molecule has 1 fully saturated rings. The summed E-state index contributed by atoms with van der Waals surface area (Å²) in [6, 6.07) is 5.77. The van der Waals surface area contributed by atoms with Crippen molar-refractivity contribution < 1.29 is 8.42 Å². The quantitative estimate of drug-likeness (QED) is 0.911. The molecule has 0 amide bonds. The van der Waals surface area contributed by atoms with Gasteiger partial charge in [0.2, 0.25) is 10.0 Å². The Hall–Kier alpha value is -0.910. The molecule has 1 N–H and O–H groups in total. The standard InChI is InChI=1S/C16H26N2O2S/c1-12-6-7-14(16(3,4)5)10-15(12)21(19,20)18-9-8-17-11-13(18)2/h6-7,10,13,17H,8-9,11H2,1-5H3/t13-/m1/s1. The molecule has 1 aliphatic rings. The number of benzene rings is 1. The second-order valence-corrected chi connectivity index (χ2v) is 8.76.